The number of nitrogens with two attached hydrogens (primary N) is 1. The van der Waals surface area contributed by atoms with Crippen molar-refractivity contribution in [3.05, 3.63) is 11.6 Å². The lowest BCUT2D eigenvalue weighted by Crippen LogP contribution is -2.45. The first-order valence-corrected chi connectivity index (χ1v) is 7.45. The van der Waals surface area contributed by atoms with Crippen LogP contribution in [-0.2, 0) is 4.79 Å². The molecule has 4 nitrogen and oxygen atoms in total. The van der Waals surface area contributed by atoms with Gasteiger partial charge < -0.3 is 11.1 Å². The van der Waals surface area contributed by atoms with E-state index in [0.717, 1.165) is 38.5 Å². The summed E-state index contributed by atoms with van der Waals surface area (Å²) in [7, 11) is 0. The summed E-state index contributed by atoms with van der Waals surface area (Å²) in [5.41, 5.74) is 5.17. The van der Waals surface area contributed by atoms with Crippen molar-refractivity contribution in [2.75, 3.05) is 5.32 Å². The molecule has 6 heteroatoms. The van der Waals surface area contributed by atoms with Gasteiger partial charge in [0.05, 0.1) is 10.4 Å². The van der Waals surface area contributed by atoms with Gasteiger partial charge in [-0.2, -0.15) is 0 Å². The Kier molecular flexibility index (Phi) is 4.29. The van der Waals surface area contributed by atoms with E-state index in [4.69, 9.17) is 18.0 Å². The van der Waals surface area contributed by atoms with E-state index in [0.29, 0.717) is 10.1 Å². The third-order valence-electron chi connectivity index (χ3n) is 3.52. The molecule has 0 radical (unpaired) electrons. The van der Waals surface area contributed by atoms with Crippen molar-refractivity contribution in [1.29, 1.82) is 0 Å². The van der Waals surface area contributed by atoms with E-state index < -0.39 is 5.41 Å². The molecule has 0 atom stereocenters. The molecule has 0 aromatic carbocycles. The van der Waals surface area contributed by atoms with Crippen molar-refractivity contribution in [3.8, 4) is 0 Å². The van der Waals surface area contributed by atoms with Crippen molar-refractivity contribution in [3.63, 3.8) is 0 Å². The summed E-state index contributed by atoms with van der Waals surface area (Å²) < 4.78 is 0. The van der Waals surface area contributed by atoms with E-state index in [2.05, 4.69) is 10.3 Å². The Hall–Kier alpha value is -1.01. The molecular formula is C12H17N3OS2. The second-order valence-electron chi connectivity index (χ2n) is 4.65. The van der Waals surface area contributed by atoms with Crippen molar-refractivity contribution < 1.29 is 4.79 Å². The minimum Gasteiger partial charge on any atom is -0.392 e. The van der Waals surface area contributed by atoms with E-state index in [1.807, 2.05) is 5.38 Å². The fourth-order valence-electron chi connectivity index (χ4n) is 2.42. The highest BCUT2D eigenvalue weighted by Crippen LogP contribution is 2.36. The molecular weight excluding hydrogens is 266 g/mol. The SMILES string of the molecule is NC(=S)C1(C(=O)Nc2nccs2)CCCCCC1. The number of carbonyl (C=O) groups is 1. The van der Waals surface area contributed by atoms with Crippen LogP contribution in [0, 0.1) is 5.41 Å². The second kappa shape index (κ2) is 5.75. The molecule has 1 aliphatic carbocycles. The first-order chi connectivity index (χ1) is 8.65. The van der Waals surface area contributed by atoms with Crippen LogP contribution >= 0.6 is 23.6 Å². The van der Waals surface area contributed by atoms with Gasteiger partial charge in [-0.25, -0.2) is 4.98 Å². The molecule has 0 aliphatic heterocycles. The van der Waals surface area contributed by atoms with Gasteiger partial charge in [-0.05, 0) is 12.8 Å². The summed E-state index contributed by atoms with van der Waals surface area (Å²) in [6.45, 7) is 0. The predicted molar refractivity (Wildman–Crippen MR) is 77.7 cm³/mol. The largest absolute Gasteiger partial charge is 0.392 e. The van der Waals surface area contributed by atoms with Gasteiger partial charge in [0.15, 0.2) is 5.13 Å². The Labute approximate surface area is 116 Å². The molecule has 98 valence electrons. The van der Waals surface area contributed by atoms with Crippen LogP contribution in [0.25, 0.3) is 0 Å². The number of nitrogens with zero attached hydrogens (tertiary/aromatic N) is 1. The average Bonchev–Trinajstić information content (AvgIpc) is 2.70. The minimum atomic E-state index is -0.683. The summed E-state index contributed by atoms with van der Waals surface area (Å²) in [5, 5.41) is 5.28. The normalized spacial score (nSPS) is 18.9. The maximum absolute atomic E-state index is 12.5. The van der Waals surface area contributed by atoms with E-state index in [1.165, 1.54) is 11.3 Å². The standard InChI is InChI=1S/C12H17N3OS2/c13-9(17)12(5-3-1-2-4-6-12)10(16)15-11-14-7-8-18-11/h7-8H,1-6H2,(H2,13,17)(H,14,15,16). The molecule has 1 aromatic heterocycles. The summed E-state index contributed by atoms with van der Waals surface area (Å²) in [6.07, 6.45) is 7.47. The number of carbonyl (C=O) groups excluding carboxylic acids is 1. The number of anilines is 1. The van der Waals surface area contributed by atoms with Crippen molar-refractivity contribution in [1.82, 2.24) is 4.98 Å². The zero-order valence-corrected chi connectivity index (χ0v) is 11.8. The second-order valence-corrected chi connectivity index (χ2v) is 5.99. The quantitative estimate of drug-likeness (QED) is 0.661. The molecule has 1 heterocycles. The Bertz CT molecular complexity index is 423. The van der Waals surface area contributed by atoms with Crippen LogP contribution < -0.4 is 11.1 Å². The Morgan fingerprint density at radius 3 is 2.56 bits per heavy atom. The monoisotopic (exact) mass is 283 g/mol. The first kappa shape index (κ1) is 13.4. The van der Waals surface area contributed by atoms with Crippen molar-refractivity contribution >= 4 is 39.6 Å². The van der Waals surface area contributed by atoms with Gasteiger partial charge in [0, 0.05) is 11.6 Å². The summed E-state index contributed by atoms with van der Waals surface area (Å²) in [6, 6.07) is 0. The Balaban J connectivity index is 2.18. The third kappa shape index (κ3) is 2.70. The van der Waals surface area contributed by atoms with Gasteiger partial charge in [0.25, 0.3) is 0 Å². The number of rotatable bonds is 3. The number of nitrogens with one attached hydrogen (secondary N) is 1. The van der Waals surface area contributed by atoms with Crippen LogP contribution in [0.3, 0.4) is 0 Å². The molecule has 0 saturated heterocycles. The van der Waals surface area contributed by atoms with Gasteiger partial charge >= 0.3 is 0 Å². The lowest BCUT2D eigenvalue weighted by Gasteiger charge is -2.29. The molecule has 0 bridgehead atoms. The van der Waals surface area contributed by atoms with E-state index in [1.54, 1.807) is 6.20 Å². The Morgan fingerprint density at radius 2 is 2.06 bits per heavy atom. The van der Waals surface area contributed by atoms with Crippen LogP contribution in [0.5, 0.6) is 0 Å². The van der Waals surface area contributed by atoms with Crippen LogP contribution in [0.1, 0.15) is 38.5 Å². The molecule has 18 heavy (non-hydrogen) atoms. The van der Waals surface area contributed by atoms with Crippen molar-refractivity contribution in [2.45, 2.75) is 38.5 Å². The smallest absolute Gasteiger partial charge is 0.239 e. The number of hydrogen-bond donors (Lipinski definition) is 2. The first-order valence-electron chi connectivity index (χ1n) is 6.16. The topological polar surface area (TPSA) is 68.0 Å². The van der Waals surface area contributed by atoms with Crippen LogP contribution in [-0.4, -0.2) is 15.9 Å². The highest BCUT2D eigenvalue weighted by Gasteiger charge is 2.41. The van der Waals surface area contributed by atoms with Crippen molar-refractivity contribution in [2.24, 2.45) is 11.1 Å². The highest BCUT2D eigenvalue weighted by atomic mass is 32.1. The zero-order chi connectivity index (χ0) is 13.0. The highest BCUT2D eigenvalue weighted by molar-refractivity contribution is 7.80. The minimum absolute atomic E-state index is 0.0909. The van der Waals surface area contributed by atoms with E-state index in [-0.39, 0.29) is 5.91 Å². The van der Waals surface area contributed by atoms with Gasteiger partial charge in [0.2, 0.25) is 5.91 Å². The maximum Gasteiger partial charge on any atom is 0.239 e. The predicted octanol–water partition coefficient (Wildman–Crippen LogP) is 2.71. The molecule has 0 unspecified atom stereocenters. The molecule has 1 aliphatic rings. The molecule has 3 N–H and O–H groups in total. The van der Waals surface area contributed by atoms with Gasteiger partial charge in [-0.1, -0.05) is 37.9 Å². The number of hydrogen-bond acceptors (Lipinski definition) is 4. The summed E-state index contributed by atoms with van der Waals surface area (Å²) in [4.78, 5) is 16.9. The third-order valence-corrected chi connectivity index (χ3v) is 4.60. The van der Waals surface area contributed by atoms with Gasteiger partial charge in [-0.3, -0.25) is 4.79 Å². The van der Waals surface area contributed by atoms with Crippen LogP contribution in [0.2, 0.25) is 0 Å². The number of thiocarbonyl (C=S) groups is 1. The van der Waals surface area contributed by atoms with Crippen LogP contribution in [0.4, 0.5) is 5.13 Å². The molecule has 1 fully saturated rings. The van der Waals surface area contributed by atoms with E-state index in [9.17, 15) is 4.79 Å². The van der Waals surface area contributed by atoms with Crippen LogP contribution in [0.15, 0.2) is 11.6 Å². The maximum atomic E-state index is 12.5. The van der Waals surface area contributed by atoms with E-state index >= 15 is 0 Å². The zero-order valence-electron chi connectivity index (χ0n) is 10.1. The number of amides is 1. The fourth-order valence-corrected chi connectivity index (χ4v) is 3.24. The molecule has 2 rings (SSSR count). The fraction of sp³-hybridized carbons (Fsp3) is 0.583. The number of thiazole rings is 1. The average molecular weight is 283 g/mol. The molecule has 1 amide bonds. The Morgan fingerprint density at radius 1 is 1.39 bits per heavy atom. The summed E-state index contributed by atoms with van der Waals surface area (Å²) >= 11 is 6.56. The van der Waals surface area contributed by atoms with Gasteiger partial charge in [0.1, 0.15) is 0 Å². The molecule has 0 spiro atoms. The lowest BCUT2D eigenvalue weighted by molar-refractivity contribution is -0.122. The number of aromatic nitrogens is 1. The molecule has 1 aromatic rings. The summed E-state index contributed by atoms with van der Waals surface area (Å²) in [5.74, 6) is -0.0909. The lowest BCUT2D eigenvalue weighted by atomic mass is 9.79. The van der Waals surface area contributed by atoms with Gasteiger partial charge in [-0.15, -0.1) is 11.3 Å². The molecule has 1 saturated carbocycles.